The number of anilines is 1. The number of rotatable bonds is 3. The Morgan fingerprint density at radius 1 is 1.29 bits per heavy atom. The third kappa shape index (κ3) is 3.24. The summed E-state index contributed by atoms with van der Waals surface area (Å²) in [5.41, 5.74) is 1.22. The molecule has 2 unspecified atom stereocenters. The number of hydrogen-bond donors (Lipinski definition) is 2. The zero-order chi connectivity index (χ0) is 15.0. The van der Waals surface area contributed by atoms with Crippen LogP contribution in [0.2, 0.25) is 0 Å². The van der Waals surface area contributed by atoms with Gasteiger partial charge in [-0.05, 0) is 50.9 Å². The molecule has 5 heteroatoms. The quantitative estimate of drug-likeness (QED) is 0.872. The number of carbonyl (C=O) groups is 1. The Morgan fingerprint density at radius 3 is 2.57 bits per heavy atom. The van der Waals surface area contributed by atoms with Crippen LogP contribution in [0.3, 0.4) is 0 Å². The lowest BCUT2D eigenvalue weighted by atomic mass is 9.82. The van der Waals surface area contributed by atoms with E-state index in [0.717, 1.165) is 23.0 Å². The number of benzene rings is 1. The molecule has 1 aromatic carbocycles. The minimum atomic E-state index is -0.889. The van der Waals surface area contributed by atoms with E-state index < -0.39 is 5.97 Å². The minimum absolute atomic E-state index is 0.319. The number of halogens is 1. The first-order valence-corrected chi connectivity index (χ1v) is 8.34. The molecule has 0 spiro atoms. The van der Waals surface area contributed by atoms with E-state index in [4.69, 9.17) is 5.11 Å². The number of carboxylic acids is 1. The van der Waals surface area contributed by atoms with Gasteiger partial charge in [-0.1, -0.05) is 22.4 Å². The highest BCUT2D eigenvalue weighted by molar-refractivity contribution is 9.10. The third-order valence-electron chi connectivity index (χ3n) is 4.86. The van der Waals surface area contributed by atoms with Gasteiger partial charge in [0.15, 0.2) is 0 Å². The average molecular weight is 353 g/mol. The van der Waals surface area contributed by atoms with Crippen LogP contribution in [0.25, 0.3) is 0 Å². The Bertz CT molecular complexity index is 535. The van der Waals surface area contributed by atoms with Crippen LogP contribution >= 0.6 is 15.9 Å². The van der Waals surface area contributed by atoms with Gasteiger partial charge in [0, 0.05) is 28.3 Å². The van der Waals surface area contributed by atoms with Crippen molar-refractivity contribution in [1.82, 2.24) is 4.90 Å². The van der Waals surface area contributed by atoms with Gasteiger partial charge in [0.2, 0.25) is 0 Å². The standard InChI is InChI=1S/C16H21BrN2O2/c1-19-14-3-2-4-15(19)9-13(8-14)18-12-6-10(16(20)21)5-11(17)7-12/h5-7,13-15,18H,2-4,8-9H2,1H3,(H,20,21). The smallest absolute Gasteiger partial charge is 0.335 e. The van der Waals surface area contributed by atoms with Crippen molar-refractivity contribution in [1.29, 1.82) is 0 Å². The Balaban J connectivity index is 1.74. The molecular formula is C16H21BrN2O2. The van der Waals surface area contributed by atoms with Gasteiger partial charge in [-0.15, -0.1) is 0 Å². The third-order valence-corrected chi connectivity index (χ3v) is 5.31. The van der Waals surface area contributed by atoms with Crippen LogP contribution in [0.4, 0.5) is 5.69 Å². The summed E-state index contributed by atoms with van der Waals surface area (Å²) < 4.78 is 0.804. The van der Waals surface area contributed by atoms with Crippen molar-refractivity contribution in [2.24, 2.45) is 0 Å². The molecule has 2 saturated heterocycles. The highest BCUT2D eigenvalue weighted by atomic mass is 79.9. The molecule has 2 fully saturated rings. The van der Waals surface area contributed by atoms with Crippen LogP contribution in [0.1, 0.15) is 42.5 Å². The van der Waals surface area contributed by atoms with Crippen molar-refractivity contribution in [3.8, 4) is 0 Å². The molecule has 2 atom stereocenters. The van der Waals surface area contributed by atoms with Crippen LogP contribution in [-0.2, 0) is 0 Å². The summed E-state index contributed by atoms with van der Waals surface area (Å²) in [6, 6.07) is 7.09. The number of aromatic carboxylic acids is 1. The van der Waals surface area contributed by atoms with Crippen molar-refractivity contribution in [2.75, 3.05) is 12.4 Å². The molecule has 2 bridgehead atoms. The molecule has 3 rings (SSSR count). The van der Waals surface area contributed by atoms with E-state index >= 15 is 0 Å². The van der Waals surface area contributed by atoms with E-state index in [1.54, 1.807) is 12.1 Å². The van der Waals surface area contributed by atoms with Gasteiger partial charge in [0.1, 0.15) is 0 Å². The van der Waals surface area contributed by atoms with Crippen LogP contribution in [0, 0.1) is 0 Å². The maximum Gasteiger partial charge on any atom is 0.335 e. The van der Waals surface area contributed by atoms with Gasteiger partial charge < -0.3 is 15.3 Å². The fourth-order valence-electron chi connectivity index (χ4n) is 3.77. The van der Waals surface area contributed by atoms with Gasteiger partial charge in [-0.25, -0.2) is 4.79 Å². The van der Waals surface area contributed by atoms with Crippen molar-refractivity contribution < 1.29 is 9.90 Å². The van der Waals surface area contributed by atoms with Gasteiger partial charge in [-0.2, -0.15) is 0 Å². The van der Waals surface area contributed by atoms with E-state index in [9.17, 15) is 4.79 Å². The lowest BCUT2D eigenvalue weighted by molar-refractivity contribution is 0.0608. The number of piperidine rings is 2. The van der Waals surface area contributed by atoms with Gasteiger partial charge >= 0.3 is 5.97 Å². The molecule has 1 aromatic rings. The predicted molar refractivity (Wildman–Crippen MR) is 86.9 cm³/mol. The Morgan fingerprint density at radius 2 is 1.95 bits per heavy atom. The molecule has 0 amide bonds. The summed E-state index contributed by atoms with van der Waals surface area (Å²) in [5, 5.41) is 12.7. The Hall–Kier alpha value is -1.07. The van der Waals surface area contributed by atoms with Crippen molar-refractivity contribution in [2.45, 2.75) is 50.2 Å². The van der Waals surface area contributed by atoms with Crippen molar-refractivity contribution >= 4 is 27.6 Å². The van der Waals surface area contributed by atoms with Crippen LogP contribution in [0.15, 0.2) is 22.7 Å². The largest absolute Gasteiger partial charge is 0.478 e. The Kier molecular flexibility index (Phi) is 4.22. The number of fused-ring (bicyclic) bond motifs is 2. The molecule has 0 radical (unpaired) electrons. The zero-order valence-electron chi connectivity index (χ0n) is 12.2. The summed E-state index contributed by atoms with van der Waals surface area (Å²) in [5.74, 6) is -0.889. The summed E-state index contributed by atoms with van der Waals surface area (Å²) in [7, 11) is 2.24. The molecule has 0 aliphatic carbocycles. The second-order valence-electron chi connectivity index (χ2n) is 6.25. The molecule has 21 heavy (non-hydrogen) atoms. The molecule has 2 N–H and O–H groups in total. The summed E-state index contributed by atoms with van der Waals surface area (Å²) in [6.45, 7) is 0. The molecule has 4 nitrogen and oxygen atoms in total. The van der Waals surface area contributed by atoms with Crippen LogP contribution in [0.5, 0.6) is 0 Å². The predicted octanol–water partition coefficient (Wildman–Crippen LogP) is 3.57. The zero-order valence-corrected chi connectivity index (χ0v) is 13.8. The number of nitrogens with one attached hydrogen (secondary N) is 1. The first-order chi connectivity index (χ1) is 10.0. The molecule has 0 saturated carbocycles. The molecule has 2 aliphatic heterocycles. The highest BCUT2D eigenvalue weighted by Gasteiger charge is 2.35. The number of carboxylic acid groups (broad SMARTS) is 1. The molecule has 0 aromatic heterocycles. The first-order valence-electron chi connectivity index (χ1n) is 7.55. The highest BCUT2D eigenvalue weighted by Crippen LogP contribution is 2.34. The second kappa shape index (κ2) is 5.97. The maximum atomic E-state index is 11.1. The van der Waals surface area contributed by atoms with Crippen molar-refractivity contribution in [3.63, 3.8) is 0 Å². The van der Waals surface area contributed by atoms with Crippen LogP contribution < -0.4 is 5.32 Å². The van der Waals surface area contributed by atoms with Gasteiger partial charge in [-0.3, -0.25) is 0 Å². The summed E-state index contributed by atoms with van der Waals surface area (Å²) in [4.78, 5) is 13.7. The molecule has 2 aliphatic rings. The molecular weight excluding hydrogens is 332 g/mol. The van der Waals surface area contributed by atoms with E-state index in [2.05, 4.69) is 33.2 Å². The second-order valence-corrected chi connectivity index (χ2v) is 7.17. The maximum absolute atomic E-state index is 11.1. The topological polar surface area (TPSA) is 52.6 Å². The van der Waals surface area contributed by atoms with Gasteiger partial charge in [0.05, 0.1) is 5.56 Å². The fraction of sp³-hybridized carbons (Fsp3) is 0.562. The lowest BCUT2D eigenvalue weighted by Crippen LogP contribution is -2.52. The SMILES string of the molecule is CN1C2CCCC1CC(Nc1cc(Br)cc(C(=O)O)c1)C2. The van der Waals surface area contributed by atoms with Crippen LogP contribution in [-0.4, -0.2) is 41.1 Å². The fourth-order valence-corrected chi connectivity index (χ4v) is 4.26. The summed E-state index contributed by atoms with van der Waals surface area (Å²) >= 11 is 3.39. The Labute approximate surface area is 133 Å². The lowest BCUT2D eigenvalue weighted by Gasteiger charge is -2.47. The molecule has 2 heterocycles. The van der Waals surface area contributed by atoms with E-state index in [1.165, 1.54) is 19.3 Å². The molecule has 114 valence electrons. The average Bonchev–Trinajstić information content (AvgIpc) is 2.39. The summed E-state index contributed by atoms with van der Waals surface area (Å²) in [6.07, 6.45) is 6.18. The van der Waals surface area contributed by atoms with E-state index in [1.807, 2.05) is 6.07 Å². The normalized spacial score (nSPS) is 29.1. The number of hydrogen-bond acceptors (Lipinski definition) is 3. The van der Waals surface area contributed by atoms with E-state index in [-0.39, 0.29) is 0 Å². The van der Waals surface area contributed by atoms with Gasteiger partial charge in [0.25, 0.3) is 0 Å². The monoisotopic (exact) mass is 352 g/mol. The first kappa shape index (κ1) is 14.9. The van der Waals surface area contributed by atoms with E-state index in [0.29, 0.717) is 23.7 Å². The minimum Gasteiger partial charge on any atom is -0.478 e. The van der Waals surface area contributed by atoms with Crippen molar-refractivity contribution in [3.05, 3.63) is 28.2 Å². The number of nitrogens with zero attached hydrogens (tertiary/aromatic N) is 1.